The first-order valence-electron chi connectivity index (χ1n) is 6.52. The van der Waals surface area contributed by atoms with Gasteiger partial charge in [0.2, 0.25) is 0 Å². The average molecular weight is 284 g/mol. The smallest absolute Gasteiger partial charge is 0.328 e. The van der Waals surface area contributed by atoms with Crippen molar-refractivity contribution in [1.82, 2.24) is 9.97 Å². The number of nitrogens with zero attached hydrogens (tertiary/aromatic N) is 1. The van der Waals surface area contributed by atoms with Gasteiger partial charge in [0.1, 0.15) is 11.5 Å². The van der Waals surface area contributed by atoms with Gasteiger partial charge >= 0.3 is 5.97 Å². The molecule has 2 rings (SSSR count). The van der Waals surface area contributed by atoms with Gasteiger partial charge < -0.3 is 10.1 Å². The number of carbonyl (C=O) groups is 2. The molecular formula is C16H16N2O3. The summed E-state index contributed by atoms with van der Waals surface area (Å²) in [7, 11) is 0. The highest BCUT2D eigenvalue weighted by Crippen LogP contribution is 2.12. The number of carboxylic acids is 1. The van der Waals surface area contributed by atoms with Crippen molar-refractivity contribution in [3.63, 3.8) is 0 Å². The molecule has 0 fully saturated rings. The number of H-pyrrole nitrogens is 1. The van der Waals surface area contributed by atoms with Gasteiger partial charge in [-0.2, -0.15) is 0 Å². The zero-order chi connectivity index (χ0) is 15.4. The van der Waals surface area contributed by atoms with Crippen molar-refractivity contribution in [2.45, 2.75) is 20.3 Å². The van der Waals surface area contributed by atoms with E-state index in [1.54, 1.807) is 0 Å². The van der Waals surface area contributed by atoms with Crippen LogP contribution in [0.1, 0.15) is 40.1 Å². The molecule has 0 amide bonds. The number of carboxylic acid groups (broad SMARTS) is 1. The Morgan fingerprint density at radius 2 is 1.95 bits per heavy atom. The van der Waals surface area contributed by atoms with Gasteiger partial charge in [0.05, 0.1) is 0 Å². The van der Waals surface area contributed by atoms with E-state index in [1.807, 2.05) is 31.2 Å². The van der Waals surface area contributed by atoms with Gasteiger partial charge in [0.15, 0.2) is 5.78 Å². The second-order valence-corrected chi connectivity index (χ2v) is 4.80. The first-order chi connectivity index (χ1) is 9.95. The van der Waals surface area contributed by atoms with Crippen molar-refractivity contribution in [1.29, 1.82) is 0 Å². The van der Waals surface area contributed by atoms with Gasteiger partial charge in [-0.1, -0.05) is 24.3 Å². The number of carbonyl (C=O) groups excluding carboxylic acids is 1. The lowest BCUT2D eigenvalue weighted by atomic mass is 10.1. The van der Waals surface area contributed by atoms with Crippen LogP contribution in [0, 0.1) is 6.92 Å². The van der Waals surface area contributed by atoms with Crippen LogP contribution in [0.3, 0.4) is 0 Å². The zero-order valence-electron chi connectivity index (χ0n) is 11.9. The van der Waals surface area contributed by atoms with Crippen LogP contribution in [0.4, 0.5) is 0 Å². The zero-order valence-corrected chi connectivity index (χ0v) is 11.9. The minimum Gasteiger partial charge on any atom is -0.478 e. The van der Waals surface area contributed by atoms with E-state index in [2.05, 4.69) is 9.97 Å². The van der Waals surface area contributed by atoms with E-state index in [9.17, 15) is 9.59 Å². The number of imidazole rings is 1. The van der Waals surface area contributed by atoms with Gasteiger partial charge in [0, 0.05) is 25.1 Å². The second kappa shape index (κ2) is 6.17. The molecule has 2 N–H and O–H groups in total. The lowest BCUT2D eigenvalue weighted by Gasteiger charge is -1.99. The highest BCUT2D eigenvalue weighted by atomic mass is 16.4. The van der Waals surface area contributed by atoms with Gasteiger partial charge in [-0.3, -0.25) is 4.79 Å². The summed E-state index contributed by atoms with van der Waals surface area (Å²) in [5.41, 5.74) is 3.11. The molecule has 1 aromatic heterocycles. The van der Waals surface area contributed by atoms with Crippen LogP contribution < -0.4 is 0 Å². The van der Waals surface area contributed by atoms with Crippen LogP contribution in [0.25, 0.3) is 6.08 Å². The molecule has 2 aromatic rings. The minimum atomic E-state index is -0.970. The Kier molecular flexibility index (Phi) is 4.33. The molecule has 0 aliphatic carbocycles. The summed E-state index contributed by atoms with van der Waals surface area (Å²) in [6, 6.07) is 7.51. The molecule has 0 unspecified atom stereocenters. The third-order valence-corrected chi connectivity index (χ3v) is 3.04. The highest BCUT2D eigenvalue weighted by Gasteiger charge is 2.10. The van der Waals surface area contributed by atoms with Gasteiger partial charge in [-0.05, 0) is 24.1 Å². The predicted octanol–water partition coefficient (Wildman–Crippen LogP) is 2.61. The number of aromatic amines is 1. The number of aromatic nitrogens is 2. The number of benzene rings is 1. The molecule has 0 aliphatic rings. The fraction of sp³-hybridized carbons (Fsp3) is 0.188. The lowest BCUT2D eigenvalue weighted by molar-refractivity contribution is -0.131. The molecule has 0 saturated heterocycles. The summed E-state index contributed by atoms with van der Waals surface area (Å²) in [4.78, 5) is 29.2. The molecule has 0 radical (unpaired) electrons. The first kappa shape index (κ1) is 14.7. The Hall–Kier alpha value is -2.69. The molecule has 1 aromatic carbocycles. The van der Waals surface area contributed by atoms with Crippen molar-refractivity contribution in [2.75, 3.05) is 0 Å². The Bertz CT molecular complexity index is 697. The summed E-state index contributed by atoms with van der Waals surface area (Å²) in [6.45, 7) is 3.32. The molecule has 0 spiro atoms. The first-order valence-corrected chi connectivity index (χ1v) is 6.52. The Morgan fingerprint density at radius 3 is 2.48 bits per heavy atom. The molecule has 1 heterocycles. The fourth-order valence-corrected chi connectivity index (χ4v) is 2.06. The predicted molar refractivity (Wildman–Crippen MR) is 79.2 cm³/mol. The van der Waals surface area contributed by atoms with E-state index in [4.69, 9.17) is 5.11 Å². The number of ketones is 1. The average Bonchev–Trinajstić information content (AvgIpc) is 2.79. The van der Waals surface area contributed by atoms with Crippen molar-refractivity contribution in [2.24, 2.45) is 0 Å². The van der Waals surface area contributed by atoms with Crippen LogP contribution in [-0.4, -0.2) is 26.8 Å². The van der Waals surface area contributed by atoms with Crippen molar-refractivity contribution in [3.05, 3.63) is 58.7 Å². The number of aryl methyl sites for hydroxylation is 1. The summed E-state index contributed by atoms with van der Waals surface area (Å²) >= 11 is 0. The summed E-state index contributed by atoms with van der Waals surface area (Å²) in [5, 5.41) is 8.57. The van der Waals surface area contributed by atoms with Gasteiger partial charge in [-0.25, -0.2) is 9.78 Å². The number of aliphatic carboxylic acids is 1. The molecule has 108 valence electrons. The van der Waals surface area contributed by atoms with E-state index in [0.29, 0.717) is 12.1 Å². The molecule has 0 aliphatic heterocycles. The molecule has 5 heteroatoms. The van der Waals surface area contributed by atoms with Gasteiger partial charge in [-0.15, -0.1) is 0 Å². The second-order valence-electron chi connectivity index (χ2n) is 4.80. The summed E-state index contributed by atoms with van der Waals surface area (Å²) in [6.07, 6.45) is 3.23. The SMILES string of the molecule is CC(=O)c1nc(Cc2ccc(/C=C/C(=O)O)cc2)[nH]c1C. The van der Waals surface area contributed by atoms with E-state index < -0.39 is 5.97 Å². The highest BCUT2D eigenvalue weighted by molar-refractivity contribution is 5.93. The van der Waals surface area contributed by atoms with E-state index in [-0.39, 0.29) is 5.78 Å². The Morgan fingerprint density at radius 1 is 1.29 bits per heavy atom. The maximum Gasteiger partial charge on any atom is 0.328 e. The largest absolute Gasteiger partial charge is 0.478 e. The molecular weight excluding hydrogens is 268 g/mol. The number of hydrogen-bond acceptors (Lipinski definition) is 3. The summed E-state index contributed by atoms with van der Waals surface area (Å²) < 4.78 is 0. The van der Waals surface area contributed by atoms with Crippen molar-refractivity contribution < 1.29 is 14.7 Å². The van der Waals surface area contributed by atoms with Crippen molar-refractivity contribution >= 4 is 17.8 Å². The number of Topliss-reactive ketones (excluding diaryl/α,β-unsaturated/α-hetero) is 1. The molecule has 21 heavy (non-hydrogen) atoms. The topological polar surface area (TPSA) is 83.1 Å². The van der Waals surface area contributed by atoms with Crippen LogP contribution in [0.5, 0.6) is 0 Å². The van der Waals surface area contributed by atoms with E-state index in [0.717, 1.165) is 28.7 Å². The quantitative estimate of drug-likeness (QED) is 0.653. The van der Waals surface area contributed by atoms with Crippen LogP contribution in [0.2, 0.25) is 0 Å². The van der Waals surface area contributed by atoms with Crippen LogP contribution in [0.15, 0.2) is 30.3 Å². The third kappa shape index (κ3) is 3.89. The number of rotatable bonds is 5. The van der Waals surface area contributed by atoms with Crippen LogP contribution >= 0.6 is 0 Å². The standard InChI is InChI=1S/C16H16N2O3/c1-10-16(11(2)19)18-14(17-10)9-13-5-3-12(4-6-13)7-8-15(20)21/h3-8H,9H2,1-2H3,(H,17,18)(H,20,21)/b8-7+. The molecule has 0 saturated carbocycles. The number of nitrogens with one attached hydrogen (secondary N) is 1. The summed E-state index contributed by atoms with van der Waals surface area (Å²) in [5.74, 6) is -0.280. The number of hydrogen-bond donors (Lipinski definition) is 2. The normalized spacial score (nSPS) is 11.0. The Labute approximate surface area is 122 Å². The fourth-order valence-electron chi connectivity index (χ4n) is 2.06. The third-order valence-electron chi connectivity index (χ3n) is 3.04. The molecule has 5 nitrogen and oxygen atoms in total. The van der Waals surface area contributed by atoms with E-state index >= 15 is 0 Å². The minimum absolute atomic E-state index is 0.0517. The van der Waals surface area contributed by atoms with Crippen LogP contribution in [-0.2, 0) is 11.2 Å². The Balaban J connectivity index is 2.11. The van der Waals surface area contributed by atoms with Gasteiger partial charge in [0.25, 0.3) is 0 Å². The monoisotopic (exact) mass is 284 g/mol. The molecule has 0 bridgehead atoms. The maximum atomic E-state index is 11.4. The van der Waals surface area contributed by atoms with Crippen molar-refractivity contribution in [3.8, 4) is 0 Å². The van der Waals surface area contributed by atoms with E-state index in [1.165, 1.54) is 13.0 Å². The lowest BCUT2D eigenvalue weighted by Crippen LogP contribution is -1.95. The maximum absolute atomic E-state index is 11.4. The molecule has 0 atom stereocenters.